The normalized spacial score (nSPS) is 14.1. The van der Waals surface area contributed by atoms with Gasteiger partial charge in [-0.2, -0.15) is 0 Å². The molecule has 2 nitrogen and oxygen atoms in total. The summed E-state index contributed by atoms with van der Waals surface area (Å²) in [6, 6.07) is 87.8. The number of fused-ring (bicyclic) bond motifs is 6. The minimum atomic E-state index is -0.503. The van der Waals surface area contributed by atoms with Crippen LogP contribution in [-0.4, -0.2) is 9.97 Å². The third-order valence-electron chi connectivity index (χ3n) is 13.0. The van der Waals surface area contributed by atoms with Crippen LogP contribution in [0.2, 0.25) is 0 Å². The Labute approximate surface area is 367 Å². The zero-order valence-electron chi connectivity index (χ0n) is 34.5. The lowest BCUT2D eigenvalue weighted by atomic mass is 9.67. The van der Waals surface area contributed by atoms with Crippen molar-refractivity contribution in [2.45, 2.75) is 5.41 Å². The van der Waals surface area contributed by atoms with E-state index in [0.717, 1.165) is 55.7 Å². The van der Waals surface area contributed by atoms with Crippen molar-refractivity contribution in [2.24, 2.45) is 0 Å². The largest absolute Gasteiger partial charge is 0.228 e. The van der Waals surface area contributed by atoms with Crippen molar-refractivity contribution in [3.05, 3.63) is 265 Å². The summed E-state index contributed by atoms with van der Waals surface area (Å²) in [5, 5.41) is 4.88. The van der Waals surface area contributed by atoms with Gasteiger partial charge in [0.15, 0.2) is 5.82 Å². The summed E-state index contributed by atoms with van der Waals surface area (Å²) >= 11 is 0. The van der Waals surface area contributed by atoms with E-state index in [1.54, 1.807) is 0 Å². The molecule has 0 saturated carbocycles. The van der Waals surface area contributed by atoms with Gasteiger partial charge in [0.05, 0.1) is 16.8 Å². The molecule has 63 heavy (non-hydrogen) atoms. The van der Waals surface area contributed by atoms with Crippen LogP contribution in [0.15, 0.2) is 243 Å². The lowest BCUT2D eigenvalue weighted by Crippen LogP contribution is -2.28. The maximum atomic E-state index is 5.38. The SMILES string of the molecule is c1ccc(-c2cc(-c3ccc(C4(c5ccccc5)c5ccccc5-c5c4ccc4ccccc54)cc3)cc(-c3nc(-c4ccccc4)cc(-c4cccc5ccccc45)n3)c2)cc1. The van der Waals surface area contributed by atoms with Crippen molar-refractivity contribution in [3.8, 4) is 67.3 Å². The summed E-state index contributed by atoms with van der Waals surface area (Å²) in [7, 11) is 0. The van der Waals surface area contributed by atoms with E-state index in [0.29, 0.717) is 5.82 Å². The van der Waals surface area contributed by atoms with E-state index in [9.17, 15) is 0 Å². The molecule has 294 valence electrons. The smallest absolute Gasteiger partial charge is 0.160 e. The second kappa shape index (κ2) is 15.1. The summed E-state index contributed by atoms with van der Waals surface area (Å²) in [5.74, 6) is 0.685. The van der Waals surface area contributed by atoms with Crippen LogP contribution in [0.1, 0.15) is 22.3 Å². The van der Waals surface area contributed by atoms with Gasteiger partial charge in [0, 0.05) is 16.7 Å². The maximum absolute atomic E-state index is 5.38. The van der Waals surface area contributed by atoms with E-state index in [1.165, 1.54) is 49.5 Å². The Balaban J connectivity index is 1.05. The molecule has 10 aromatic carbocycles. The summed E-state index contributed by atoms with van der Waals surface area (Å²) in [6.45, 7) is 0. The van der Waals surface area contributed by atoms with Gasteiger partial charge in [0.1, 0.15) is 0 Å². The van der Waals surface area contributed by atoms with Crippen molar-refractivity contribution in [1.29, 1.82) is 0 Å². The van der Waals surface area contributed by atoms with Crippen LogP contribution < -0.4 is 0 Å². The molecule has 0 saturated heterocycles. The van der Waals surface area contributed by atoms with Crippen LogP contribution in [-0.2, 0) is 5.41 Å². The maximum Gasteiger partial charge on any atom is 0.160 e. The molecule has 0 aliphatic heterocycles. The molecule has 1 heterocycles. The Morgan fingerprint density at radius 3 is 1.56 bits per heavy atom. The molecule has 1 aliphatic rings. The molecule has 1 aromatic heterocycles. The molecule has 12 rings (SSSR count). The van der Waals surface area contributed by atoms with Crippen molar-refractivity contribution in [1.82, 2.24) is 9.97 Å². The lowest BCUT2D eigenvalue weighted by molar-refractivity contribution is 0.769. The lowest BCUT2D eigenvalue weighted by Gasteiger charge is -2.34. The van der Waals surface area contributed by atoms with Gasteiger partial charge < -0.3 is 0 Å². The number of aromatic nitrogens is 2. The van der Waals surface area contributed by atoms with Gasteiger partial charge in [-0.05, 0) is 101 Å². The molecule has 1 aliphatic carbocycles. The van der Waals surface area contributed by atoms with Gasteiger partial charge in [0.25, 0.3) is 0 Å². The fourth-order valence-electron chi connectivity index (χ4n) is 10.1. The third-order valence-corrected chi connectivity index (χ3v) is 13.0. The first-order chi connectivity index (χ1) is 31.2. The van der Waals surface area contributed by atoms with Crippen molar-refractivity contribution in [2.75, 3.05) is 0 Å². The topological polar surface area (TPSA) is 25.8 Å². The van der Waals surface area contributed by atoms with E-state index < -0.39 is 5.41 Å². The summed E-state index contributed by atoms with van der Waals surface area (Å²) < 4.78 is 0. The highest BCUT2D eigenvalue weighted by Gasteiger charge is 2.46. The highest BCUT2D eigenvalue weighted by atomic mass is 14.9. The van der Waals surface area contributed by atoms with Crippen LogP contribution >= 0.6 is 0 Å². The predicted octanol–water partition coefficient (Wildman–Crippen LogP) is 15.5. The fraction of sp³-hybridized carbons (Fsp3) is 0.0164. The molecule has 2 heteroatoms. The van der Waals surface area contributed by atoms with Crippen LogP contribution in [0.25, 0.3) is 88.8 Å². The van der Waals surface area contributed by atoms with Gasteiger partial charge in [-0.1, -0.05) is 218 Å². The van der Waals surface area contributed by atoms with Gasteiger partial charge in [0.2, 0.25) is 0 Å². The molecular formula is C61H40N2. The van der Waals surface area contributed by atoms with Gasteiger partial charge in [-0.25, -0.2) is 9.97 Å². The van der Waals surface area contributed by atoms with E-state index in [4.69, 9.17) is 9.97 Å². The van der Waals surface area contributed by atoms with E-state index in [1.807, 2.05) is 6.07 Å². The van der Waals surface area contributed by atoms with Gasteiger partial charge in [-0.15, -0.1) is 0 Å². The average molecular weight is 801 g/mol. The molecular weight excluding hydrogens is 761 g/mol. The number of hydrogen-bond donors (Lipinski definition) is 0. The van der Waals surface area contributed by atoms with Gasteiger partial charge in [-0.3, -0.25) is 0 Å². The minimum Gasteiger partial charge on any atom is -0.228 e. The molecule has 0 spiro atoms. The standard InChI is InChI=1S/C61H40N2/c1-4-17-41(18-5-1)46-37-47(39-48(38-46)60-62-57(45-21-6-2-7-22-45)40-58(63-60)53-29-16-23-43-19-10-12-26-51(43)53)42-31-34-50(35-32-42)61(49-24-8-3-9-25-49)55-30-15-14-28-54(55)59-52-27-13-11-20-44(52)33-36-56(59)61/h1-40H. The predicted molar refractivity (Wildman–Crippen MR) is 262 cm³/mol. The Bertz CT molecular complexity index is 3480. The van der Waals surface area contributed by atoms with Crippen molar-refractivity contribution < 1.29 is 0 Å². The number of benzene rings is 10. The van der Waals surface area contributed by atoms with E-state index >= 15 is 0 Å². The highest BCUT2D eigenvalue weighted by molar-refractivity contribution is 6.04. The highest BCUT2D eigenvalue weighted by Crippen LogP contribution is 2.58. The first-order valence-corrected chi connectivity index (χ1v) is 21.6. The molecule has 0 radical (unpaired) electrons. The Morgan fingerprint density at radius 1 is 0.286 bits per heavy atom. The van der Waals surface area contributed by atoms with Gasteiger partial charge >= 0.3 is 0 Å². The zero-order chi connectivity index (χ0) is 41.7. The van der Waals surface area contributed by atoms with Crippen LogP contribution in [0.3, 0.4) is 0 Å². The summed E-state index contributed by atoms with van der Waals surface area (Å²) in [5.41, 5.74) is 16.6. The zero-order valence-corrected chi connectivity index (χ0v) is 34.5. The summed E-state index contributed by atoms with van der Waals surface area (Å²) in [4.78, 5) is 10.7. The molecule has 1 unspecified atom stereocenters. The molecule has 0 N–H and O–H groups in total. The van der Waals surface area contributed by atoms with Crippen LogP contribution in [0.5, 0.6) is 0 Å². The van der Waals surface area contributed by atoms with Crippen LogP contribution in [0.4, 0.5) is 0 Å². The second-order valence-corrected chi connectivity index (χ2v) is 16.5. The first-order valence-electron chi connectivity index (χ1n) is 21.6. The molecule has 11 aromatic rings. The molecule has 0 bridgehead atoms. The van der Waals surface area contributed by atoms with E-state index in [-0.39, 0.29) is 0 Å². The number of nitrogens with zero attached hydrogens (tertiary/aromatic N) is 2. The molecule has 0 amide bonds. The average Bonchev–Trinajstić information content (AvgIpc) is 3.68. The Hall–Kier alpha value is -8.20. The number of rotatable bonds is 7. The minimum absolute atomic E-state index is 0.503. The third kappa shape index (κ3) is 6.10. The Morgan fingerprint density at radius 2 is 0.810 bits per heavy atom. The van der Waals surface area contributed by atoms with Crippen LogP contribution in [0, 0.1) is 0 Å². The number of hydrogen-bond acceptors (Lipinski definition) is 2. The van der Waals surface area contributed by atoms with Crippen molar-refractivity contribution in [3.63, 3.8) is 0 Å². The van der Waals surface area contributed by atoms with Crippen molar-refractivity contribution >= 4 is 21.5 Å². The molecule has 0 fully saturated rings. The quantitative estimate of drug-likeness (QED) is 0.160. The second-order valence-electron chi connectivity index (χ2n) is 16.5. The first kappa shape index (κ1) is 36.6. The summed E-state index contributed by atoms with van der Waals surface area (Å²) in [6.07, 6.45) is 0. The van der Waals surface area contributed by atoms with E-state index in [2.05, 4.69) is 237 Å². The fourth-order valence-corrected chi connectivity index (χ4v) is 10.1. The molecule has 1 atom stereocenters. The Kier molecular flexibility index (Phi) is 8.76. The monoisotopic (exact) mass is 800 g/mol.